The van der Waals surface area contributed by atoms with Crippen molar-refractivity contribution >= 4 is 11.6 Å². The van der Waals surface area contributed by atoms with Crippen LogP contribution in [0.25, 0.3) is 0 Å². The SMILES string of the molecule is CC#CC(=O)C(C)C.CC(C)=C(C)C(=O)C(C)C. The standard InChI is InChI=1S/C9H16O.C7H10O/c1-6(2)8(5)9(10)7(3)4;1-4-5-7(8)6(2)3/h7H,1-5H3;6H,1-3H3. The Bertz CT molecular complexity index is 370. The van der Waals surface area contributed by atoms with Gasteiger partial charge in [0.05, 0.1) is 0 Å². The number of ketones is 2. The van der Waals surface area contributed by atoms with E-state index in [9.17, 15) is 9.59 Å². The van der Waals surface area contributed by atoms with Crippen LogP contribution in [-0.2, 0) is 9.59 Å². The maximum Gasteiger partial charge on any atom is 0.207 e. The monoisotopic (exact) mass is 250 g/mol. The van der Waals surface area contributed by atoms with E-state index >= 15 is 0 Å². The molecule has 0 aliphatic heterocycles. The summed E-state index contributed by atoms with van der Waals surface area (Å²) in [5.74, 6) is 5.48. The maximum atomic E-state index is 11.2. The van der Waals surface area contributed by atoms with Gasteiger partial charge in [-0.05, 0) is 39.2 Å². The zero-order valence-electron chi connectivity index (χ0n) is 13.0. The van der Waals surface area contributed by atoms with Crippen LogP contribution < -0.4 is 0 Å². The fraction of sp³-hybridized carbons (Fsp3) is 0.625. The molecular weight excluding hydrogens is 224 g/mol. The summed E-state index contributed by atoms with van der Waals surface area (Å²) in [6.07, 6.45) is 0. The Hall–Kier alpha value is -1.36. The molecule has 0 saturated heterocycles. The normalized spacial score (nSPS) is 9.00. The first kappa shape index (κ1) is 19.0. The van der Waals surface area contributed by atoms with Gasteiger partial charge in [0.2, 0.25) is 5.78 Å². The van der Waals surface area contributed by atoms with Gasteiger partial charge in [0, 0.05) is 11.8 Å². The number of Topliss-reactive ketones (excluding diaryl/α,β-unsaturated/α-hetero) is 2. The van der Waals surface area contributed by atoms with E-state index in [1.165, 1.54) is 0 Å². The highest BCUT2D eigenvalue weighted by Gasteiger charge is 2.09. The van der Waals surface area contributed by atoms with Gasteiger partial charge in [-0.25, -0.2) is 0 Å². The van der Waals surface area contributed by atoms with Crippen LogP contribution in [0.1, 0.15) is 55.4 Å². The van der Waals surface area contributed by atoms with Gasteiger partial charge in [-0.1, -0.05) is 39.2 Å². The number of carbonyl (C=O) groups is 2. The molecule has 2 heteroatoms. The van der Waals surface area contributed by atoms with Crippen LogP contribution >= 0.6 is 0 Å². The van der Waals surface area contributed by atoms with Crippen LogP contribution in [-0.4, -0.2) is 11.6 Å². The molecule has 0 radical (unpaired) electrons. The summed E-state index contributed by atoms with van der Waals surface area (Å²) in [4.78, 5) is 21.8. The fourth-order valence-corrected chi connectivity index (χ4v) is 0.947. The Kier molecular flexibility index (Phi) is 10.2. The molecule has 0 rings (SSSR count). The summed E-state index contributed by atoms with van der Waals surface area (Å²) in [5, 5.41) is 0. The van der Waals surface area contributed by atoms with Gasteiger partial charge in [-0.3, -0.25) is 9.59 Å². The second-order valence-corrected chi connectivity index (χ2v) is 5.04. The number of hydrogen-bond donors (Lipinski definition) is 0. The minimum absolute atomic E-state index is 0.0208. The molecule has 0 fully saturated rings. The van der Waals surface area contributed by atoms with E-state index in [0.717, 1.165) is 11.1 Å². The van der Waals surface area contributed by atoms with E-state index in [1.807, 2.05) is 48.5 Å². The van der Waals surface area contributed by atoms with Crippen molar-refractivity contribution in [1.29, 1.82) is 0 Å². The maximum absolute atomic E-state index is 11.2. The average molecular weight is 250 g/mol. The molecule has 0 saturated carbocycles. The molecule has 2 nitrogen and oxygen atoms in total. The molecule has 0 aromatic rings. The van der Waals surface area contributed by atoms with Crippen molar-refractivity contribution in [3.8, 4) is 11.8 Å². The minimum Gasteiger partial charge on any atom is -0.294 e. The van der Waals surface area contributed by atoms with Crippen LogP contribution in [0.2, 0.25) is 0 Å². The smallest absolute Gasteiger partial charge is 0.207 e. The third kappa shape index (κ3) is 8.75. The number of carbonyl (C=O) groups excluding carboxylic acids is 2. The Morgan fingerprint density at radius 2 is 1.33 bits per heavy atom. The van der Waals surface area contributed by atoms with Crippen LogP contribution in [0, 0.1) is 23.7 Å². The van der Waals surface area contributed by atoms with Gasteiger partial charge < -0.3 is 0 Å². The first-order valence-electron chi connectivity index (χ1n) is 6.29. The van der Waals surface area contributed by atoms with Gasteiger partial charge in [0.25, 0.3) is 0 Å². The molecule has 0 bridgehead atoms. The largest absolute Gasteiger partial charge is 0.294 e. The number of hydrogen-bond acceptors (Lipinski definition) is 2. The number of rotatable bonds is 3. The lowest BCUT2D eigenvalue weighted by atomic mass is 9.99. The Morgan fingerprint density at radius 1 is 0.889 bits per heavy atom. The van der Waals surface area contributed by atoms with Crippen molar-refractivity contribution in [2.75, 3.05) is 0 Å². The van der Waals surface area contributed by atoms with Crippen molar-refractivity contribution in [3.05, 3.63) is 11.1 Å². The lowest BCUT2D eigenvalue weighted by molar-refractivity contribution is -0.118. The topological polar surface area (TPSA) is 34.1 Å². The summed E-state index contributed by atoms with van der Waals surface area (Å²) < 4.78 is 0. The Balaban J connectivity index is 0. The van der Waals surface area contributed by atoms with Gasteiger partial charge in [0.15, 0.2) is 5.78 Å². The second-order valence-electron chi connectivity index (χ2n) is 5.04. The second kappa shape index (κ2) is 9.65. The molecular formula is C16H26O2. The van der Waals surface area contributed by atoms with Gasteiger partial charge in [0.1, 0.15) is 0 Å². The van der Waals surface area contributed by atoms with Gasteiger partial charge in [-0.15, -0.1) is 0 Å². The average Bonchev–Trinajstić information content (AvgIpc) is 2.27. The van der Waals surface area contributed by atoms with Crippen LogP contribution in [0.3, 0.4) is 0 Å². The van der Waals surface area contributed by atoms with Crippen LogP contribution in [0.4, 0.5) is 0 Å². The van der Waals surface area contributed by atoms with Crippen molar-refractivity contribution < 1.29 is 9.59 Å². The third-order valence-electron chi connectivity index (χ3n) is 2.42. The first-order chi connectivity index (χ1) is 8.14. The summed E-state index contributed by atoms with van der Waals surface area (Å²) in [6.45, 7) is 15.0. The first-order valence-corrected chi connectivity index (χ1v) is 6.29. The van der Waals surface area contributed by atoms with E-state index in [2.05, 4.69) is 11.8 Å². The zero-order chi connectivity index (χ0) is 14.9. The third-order valence-corrected chi connectivity index (χ3v) is 2.42. The Labute approximate surface area is 112 Å². The number of allylic oxidation sites excluding steroid dienone is 2. The summed E-state index contributed by atoms with van der Waals surface area (Å²) >= 11 is 0. The molecule has 0 amide bonds. The van der Waals surface area contributed by atoms with Crippen LogP contribution in [0.5, 0.6) is 0 Å². The summed E-state index contributed by atoms with van der Waals surface area (Å²) in [5.41, 5.74) is 2.04. The molecule has 18 heavy (non-hydrogen) atoms. The van der Waals surface area contributed by atoms with Crippen molar-refractivity contribution in [1.82, 2.24) is 0 Å². The lowest BCUT2D eigenvalue weighted by Crippen LogP contribution is -2.08. The van der Waals surface area contributed by atoms with Gasteiger partial charge >= 0.3 is 0 Å². The zero-order valence-corrected chi connectivity index (χ0v) is 13.0. The molecule has 0 unspecified atom stereocenters. The molecule has 0 heterocycles. The molecule has 0 N–H and O–H groups in total. The van der Waals surface area contributed by atoms with Crippen LogP contribution in [0.15, 0.2) is 11.1 Å². The highest BCUT2D eigenvalue weighted by molar-refractivity contribution is 5.97. The predicted octanol–water partition coefficient (Wildman–Crippen LogP) is 3.80. The Morgan fingerprint density at radius 3 is 1.44 bits per heavy atom. The lowest BCUT2D eigenvalue weighted by Gasteiger charge is -2.04. The van der Waals surface area contributed by atoms with Crippen molar-refractivity contribution in [2.45, 2.75) is 55.4 Å². The highest BCUT2D eigenvalue weighted by Crippen LogP contribution is 2.09. The summed E-state index contributed by atoms with van der Waals surface area (Å²) in [7, 11) is 0. The molecule has 0 aliphatic rings. The van der Waals surface area contributed by atoms with E-state index in [-0.39, 0.29) is 23.4 Å². The summed E-state index contributed by atoms with van der Waals surface area (Å²) in [6, 6.07) is 0. The van der Waals surface area contributed by atoms with Crippen molar-refractivity contribution in [3.63, 3.8) is 0 Å². The van der Waals surface area contributed by atoms with Crippen molar-refractivity contribution in [2.24, 2.45) is 11.8 Å². The molecule has 0 spiro atoms. The molecule has 0 atom stereocenters. The fourth-order valence-electron chi connectivity index (χ4n) is 0.947. The van der Waals surface area contributed by atoms with E-state index in [4.69, 9.17) is 0 Å². The predicted molar refractivity (Wildman–Crippen MR) is 77.2 cm³/mol. The van der Waals surface area contributed by atoms with E-state index in [0.29, 0.717) is 0 Å². The molecule has 0 aliphatic carbocycles. The highest BCUT2D eigenvalue weighted by atomic mass is 16.1. The molecule has 0 aromatic heterocycles. The van der Waals surface area contributed by atoms with Gasteiger partial charge in [-0.2, -0.15) is 0 Å². The molecule has 102 valence electrons. The van der Waals surface area contributed by atoms with E-state index in [1.54, 1.807) is 6.92 Å². The minimum atomic E-state index is 0.0208. The molecule has 0 aromatic carbocycles. The van der Waals surface area contributed by atoms with E-state index < -0.39 is 0 Å². The quantitative estimate of drug-likeness (QED) is 0.434.